The molecule has 0 spiro atoms. The Morgan fingerprint density at radius 2 is 1.88 bits per heavy atom. The molecule has 0 atom stereocenters. The van der Waals surface area contributed by atoms with Crippen LogP contribution in [-0.4, -0.2) is 51.1 Å². The maximum Gasteiger partial charge on any atom is 0.320 e. The van der Waals surface area contributed by atoms with Gasteiger partial charge < -0.3 is 20.5 Å². The summed E-state index contributed by atoms with van der Waals surface area (Å²) in [6, 6.07) is 6.46. The second-order valence-electron chi connectivity index (χ2n) is 5.54. The van der Waals surface area contributed by atoms with Gasteiger partial charge in [0.05, 0.1) is 10.6 Å². The third-order valence-electron chi connectivity index (χ3n) is 3.67. The molecule has 0 unspecified atom stereocenters. The van der Waals surface area contributed by atoms with Gasteiger partial charge >= 0.3 is 5.56 Å². The number of anilines is 2. The number of sulfone groups is 1. The molecule has 3 N–H and O–H groups in total. The fourth-order valence-corrected chi connectivity index (χ4v) is 4.27. The molecule has 0 saturated carbocycles. The maximum absolute atomic E-state index is 12.7. The minimum absolute atomic E-state index is 0. The van der Waals surface area contributed by atoms with Crippen LogP contribution in [0.4, 0.5) is 11.4 Å². The Morgan fingerprint density at radius 1 is 1.24 bits per heavy atom. The number of nitrogens with one attached hydrogen (secondary N) is 1. The van der Waals surface area contributed by atoms with Crippen molar-refractivity contribution in [3.05, 3.63) is 46.0 Å². The van der Waals surface area contributed by atoms with Gasteiger partial charge in [0.1, 0.15) is 5.69 Å². The number of H-pyrrole nitrogens is 1. The average Bonchev–Trinajstić information content (AvgIpc) is 2.45. The Morgan fingerprint density at radius 3 is 2.52 bits per heavy atom. The smallest absolute Gasteiger partial charge is 0.320 e. The van der Waals surface area contributed by atoms with E-state index in [0.717, 1.165) is 6.20 Å². The first kappa shape index (κ1) is 20.9. The number of aromatic amines is 1. The summed E-state index contributed by atoms with van der Waals surface area (Å²) in [5.74, 6) is 0. The van der Waals surface area contributed by atoms with Crippen LogP contribution in [-0.2, 0) is 9.84 Å². The normalized spacial score (nSPS) is 14.1. The number of para-hydroxylation sites is 1. The highest BCUT2D eigenvalue weighted by Crippen LogP contribution is 2.41. The molecule has 138 valence electrons. The lowest BCUT2D eigenvalue weighted by Crippen LogP contribution is -2.43. The summed E-state index contributed by atoms with van der Waals surface area (Å²) in [4.78, 5) is 15.6. The van der Waals surface area contributed by atoms with Gasteiger partial charge in [-0.2, -0.15) is 0 Å². The van der Waals surface area contributed by atoms with E-state index in [2.05, 4.69) is 0 Å². The summed E-state index contributed by atoms with van der Waals surface area (Å²) >= 11 is 0. The zero-order valence-corrected chi connectivity index (χ0v) is 15.2. The van der Waals surface area contributed by atoms with Crippen LogP contribution in [0, 0.1) is 5.21 Å². The van der Waals surface area contributed by atoms with E-state index in [-0.39, 0.29) is 38.2 Å². The van der Waals surface area contributed by atoms with E-state index < -0.39 is 15.4 Å². The van der Waals surface area contributed by atoms with Crippen molar-refractivity contribution in [3.8, 4) is 0 Å². The van der Waals surface area contributed by atoms with Crippen molar-refractivity contribution < 1.29 is 18.7 Å². The van der Waals surface area contributed by atoms with Gasteiger partial charge in [-0.25, -0.2) is 8.42 Å². The minimum Gasteiger partial charge on any atom is -0.596 e. The maximum atomic E-state index is 12.7. The molecular weight excluding hydrogens is 372 g/mol. The molecular formula is C14H19ClN4O5S. The second-order valence-corrected chi connectivity index (χ2v) is 7.39. The molecule has 0 fully saturated rings. The molecule has 25 heavy (non-hydrogen) atoms. The summed E-state index contributed by atoms with van der Waals surface area (Å²) in [7, 11) is -0.196. The van der Waals surface area contributed by atoms with Crippen LogP contribution < -0.4 is 15.3 Å². The van der Waals surface area contributed by atoms with Crippen molar-refractivity contribution in [1.29, 1.82) is 0 Å². The zero-order chi connectivity index (χ0) is 16.8. The lowest BCUT2D eigenvalue weighted by Gasteiger charge is -2.31. The van der Waals surface area contributed by atoms with E-state index in [1.54, 1.807) is 23.1 Å². The highest BCUT2D eigenvalue weighted by atomic mass is 35.5. The number of benzene rings is 1. The van der Waals surface area contributed by atoms with Gasteiger partial charge in [0, 0.05) is 13.1 Å². The predicted molar refractivity (Wildman–Crippen MR) is 94.3 cm³/mol. The average molecular weight is 391 g/mol. The lowest BCUT2D eigenvalue weighted by molar-refractivity contribution is -0.670. The van der Waals surface area contributed by atoms with Crippen LogP contribution >= 0.6 is 12.4 Å². The van der Waals surface area contributed by atoms with Crippen LogP contribution in [0.15, 0.2) is 45.0 Å². The Kier molecular flexibility index (Phi) is 6.19. The third kappa shape index (κ3) is 3.47. The summed E-state index contributed by atoms with van der Waals surface area (Å²) < 4.78 is 25.5. The van der Waals surface area contributed by atoms with E-state index >= 15 is 0 Å². The molecule has 2 aromatic rings. The van der Waals surface area contributed by atoms with Gasteiger partial charge in [-0.3, -0.25) is 4.79 Å². The molecule has 1 aliphatic heterocycles. The Hall–Kier alpha value is -2.14. The Bertz CT molecular complexity index is 929. The molecule has 3 rings (SSSR count). The summed E-state index contributed by atoms with van der Waals surface area (Å²) in [5.41, 5.74) is -0.349. The molecule has 1 aromatic carbocycles. The topological polar surface area (TPSA) is 132 Å². The van der Waals surface area contributed by atoms with E-state index in [4.69, 9.17) is 0 Å². The molecule has 9 nitrogen and oxygen atoms in total. The lowest BCUT2D eigenvalue weighted by atomic mass is 10.2. The number of fused-ring (bicyclic) bond motifs is 2. The fraction of sp³-hybridized carbons (Fsp3) is 0.286. The molecule has 0 aliphatic carbocycles. The monoisotopic (exact) mass is 390 g/mol. The second kappa shape index (κ2) is 7.40. The fourth-order valence-electron chi connectivity index (χ4n) is 2.61. The van der Waals surface area contributed by atoms with E-state index in [0.29, 0.717) is 18.8 Å². The van der Waals surface area contributed by atoms with E-state index in [1.165, 1.54) is 6.07 Å². The Labute approximate surface area is 150 Å². The largest absolute Gasteiger partial charge is 0.596 e. The van der Waals surface area contributed by atoms with Gasteiger partial charge in [-0.1, -0.05) is 17.0 Å². The van der Waals surface area contributed by atoms with Crippen molar-refractivity contribution in [1.82, 2.24) is 10.00 Å². The van der Waals surface area contributed by atoms with Gasteiger partial charge in [0.15, 0.2) is 4.90 Å². The van der Waals surface area contributed by atoms with Gasteiger partial charge in [-0.15, -0.1) is 17.5 Å². The first-order chi connectivity index (χ1) is 10.8. The molecule has 0 radical (unpaired) electrons. The van der Waals surface area contributed by atoms with Gasteiger partial charge in [0.2, 0.25) is 16.0 Å². The van der Waals surface area contributed by atoms with E-state index in [9.17, 15) is 18.4 Å². The first-order valence-electron chi connectivity index (χ1n) is 6.95. The van der Waals surface area contributed by atoms with Crippen molar-refractivity contribution >= 4 is 33.6 Å². The zero-order valence-electron chi connectivity index (χ0n) is 13.6. The van der Waals surface area contributed by atoms with Crippen molar-refractivity contribution in [2.45, 2.75) is 9.79 Å². The van der Waals surface area contributed by atoms with Gasteiger partial charge in [0.25, 0.3) is 0 Å². The summed E-state index contributed by atoms with van der Waals surface area (Å²) in [5, 5.41) is 13.6. The van der Waals surface area contributed by atoms with Crippen molar-refractivity contribution in [2.75, 3.05) is 32.1 Å². The third-order valence-corrected chi connectivity index (χ3v) is 5.52. The number of nitrogens with zero attached hydrogens (tertiary/aromatic N) is 3. The number of aromatic nitrogens is 2. The number of hydrogen-bond donors (Lipinski definition) is 1. The van der Waals surface area contributed by atoms with Crippen molar-refractivity contribution in [2.24, 2.45) is 0 Å². The highest BCUT2D eigenvalue weighted by Gasteiger charge is 2.38. The number of halogens is 1. The minimum atomic E-state index is -3.97. The highest BCUT2D eigenvalue weighted by molar-refractivity contribution is 7.92. The number of hydrogen-bond acceptors (Lipinski definition) is 6. The molecule has 1 aromatic heterocycles. The van der Waals surface area contributed by atoms with Gasteiger partial charge in [-0.05, 0) is 26.2 Å². The molecule has 0 amide bonds. The molecule has 1 aliphatic rings. The standard InChI is InChI=1S/C14H16N4O4S.ClH.H2O/c1-16(2)7-8-17-10-5-3-4-6-12(10)23(21,22)13-11(17)9-18(20)15-14(13)19;;/h3-6,9H,7-8H2,1-2H3,(H,15,19);1H;1H2. The van der Waals surface area contributed by atoms with Crippen LogP contribution in [0.2, 0.25) is 0 Å². The number of likely N-dealkylation sites (N-methyl/N-ethyl adjacent to an activating group) is 1. The molecule has 2 heterocycles. The molecule has 0 saturated heterocycles. The van der Waals surface area contributed by atoms with Crippen LogP contribution in [0.5, 0.6) is 0 Å². The summed E-state index contributed by atoms with van der Waals surface area (Å²) in [6.45, 7) is 1.06. The molecule has 0 bridgehead atoms. The molecule has 11 heteroatoms. The van der Waals surface area contributed by atoms with Crippen LogP contribution in [0.3, 0.4) is 0 Å². The predicted octanol–water partition coefficient (Wildman–Crippen LogP) is -0.549. The van der Waals surface area contributed by atoms with E-state index in [1.807, 2.05) is 24.1 Å². The van der Waals surface area contributed by atoms with Crippen LogP contribution in [0.1, 0.15) is 0 Å². The SMILES string of the molecule is CN(C)CCN1c2ccccc2S(=O)(=O)c2c1c[n+]([O-])[nH]c2=O.Cl.O. The van der Waals surface area contributed by atoms with Crippen LogP contribution in [0.25, 0.3) is 0 Å². The Balaban J connectivity index is 0.00000156. The quantitative estimate of drug-likeness (QED) is 0.552. The summed E-state index contributed by atoms with van der Waals surface area (Å²) in [6.07, 6.45) is 1.08. The first-order valence-corrected chi connectivity index (χ1v) is 8.43. The number of rotatable bonds is 3. The van der Waals surface area contributed by atoms with Crippen molar-refractivity contribution in [3.63, 3.8) is 0 Å².